The van der Waals surface area contributed by atoms with Crippen LogP contribution in [0.2, 0.25) is 0 Å². The first-order chi connectivity index (χ1) is 7.72. The fourth-order valence-electron chi connectivity index (χ4n) is 0.827. The Morgan fingerprint density at radius 1 is 1.06 bits per heavy atom. The summed E-state index contributed by atoms with van der Waals surface area (Å²) in [6.07, 6.45) is 0. The second kappa shape index (κ2) is 10.3. The minimum atomic E-state index is -0.678. The number of amides is 2. The Labute approximate surface area is 94.6 Å². The van der Waals surface area contributed by atoms with Crippen molar-refractivity contribution in [2.24, 2.45) is 5.73 Å². The molecule has 0 aromatic heterocycles. The van der Waals surface area contributed by atoms with Crippen molar-refractivity contribution in [3.8, 4) is 0 Å². The number of nitrogens with two attached hydrogens (primary N) is 1. The minimum absolute atomic E-state index is 0.288. The van der Waals surface area contributed by atoms with Crippen LogP contribution in [0.1, 0.15) is 0 Å². The summed E-state index contributed by atoms with van der Waals surface area (Å²) in [7, 11) is 1.58. The molecule has 0 heterocycles. The Morgan fingerprint density at radius 3 is 2.25 bits per heavy atom. The molecule has 0 fully saturated rings. The molecule has 0 bridgehead atoms. The van der Waals surface area contributed by atoms with E-state index in [0.717, 1.165) is 0 Å². The fraction of sp³-hybridized carbons (Fsp3) is 0.778. The zero-order valence-corrected chi connectivity index (χ0v) is 9.45. The molecule has 0 unspecified atom stereocenters. The van der Waals surface area contributed by atoms with E-state index < -0.39 is 11.8 Å². The summed E-state index contributed by atoms with van der Waals surface area (Å²) in [5.74, 6) is -1.36. The molecule has 0 spiro atoms. The molecule has 0 rings (SSSR count). The molecule has 16 heavy (non-hydrogen) atoms. The highest BCUT2D eigenvalue weighted by atomic mass is 16.5. The average Bonchev–Trinajstić information content (AvgIpc) is 2.30. The van der Waals surface area contributed by atoms with Crippen molar-refractivity contribution < 1.29 is 19.1 Å². The standard InChI is InChI=1S/C9H19N3O4/c1-15-6-7-16-5-4-12-9(14)8(13)11-3-2-10/h2-7,10H2,1H3,(H,11,13)(H,12,14). The molecule has 0 aliphatic rings. The Bertz CT molecular complexity index is 211. The van der Waals surface area contributed by atoms with Gasteiger partial charge < -0.3 is 25.8 Å². The average molecular weight is 233 g/mol. The van der Waals surface area contributed by atoms with Crippen molar-refractivity contribution in [2.75, 3.05) is 46.6 Å². The van der Waals surface area contributed by atoms with Crippen LogP contribution in [0.5, 0.6) is 0 Å². The van der Waals surface area contributed by atoms with E-state index in [9.17, 15) is 9.59 Å². The zero-order valence-electron chi connectivity index (χ0n) is 9.45. The largest absolute Gasteiger partial charge is 0.382 e. The lowest BCUT2D eigenvalue weighted by atomic mass is 10.5. The maximum Gasteiger partial charge on any atom is 0.309 e. The SMILES string of the molecule is COCCOCCNC(=O)C(=O)NCCN. The van der Waals surface area contributed by atoms with Crippen molar-refractivity contribution in [1.82, 2.24) is 10.6 Å². The van der Waals surface area contributed by atoms with Crippen LogP contribution in [0.25, 0.3) is 0 Å². The molecule has 4 N–H and O–H groups in total. The molecule has 0 aliphatic heterocycles. The number of carbonyl (C=O) groups excluding carboxylic acids is 2. The third-order valence-corrected chi connectivity index (χ3v) is 1.60. The lowest BCUT2D eigenvalue weighted by Gasteiger charge is -2.06. The molecule has 0 saturated carbocycles. The highest BCUT2D eigenvalue weighted by Crippen LogP contribution is 1.75. The molecule has 0 aromatic carbocycles. The second-order valence-electron chi connectivity index (χ2n) is 2.91. The highest BCUT2D eigenvalue weighted by molar-refractivity contribution is 6.35. The van der Waals surface area contributed by atoms with E-state index in [1.165, 1.54) is 0 Å². The summed E-state index contributed by atoms with van der Waals surface area (Å²) in [5.41, 5.74) is 5.17. The van der Waals surface area contributed by atoms with Crippen molar-refractivity contribution in [3.05, 3.63) is 0 Å². The number of carbonyl (C=O) groups is 2. The Hall–Kier alpha value is -1.18. The highest BCUT2D eigenvalue weighted by Gasteiger charge is 2.10. The predicted octanol–water partition coefficient (Wildman–Crippen LogP) is -2.16. The van der Waals surface area contributed by atoms with E-state index in [-0.39, 0.29) is 6.54 Å². The van der Waals surface area contributed by atoms with E-state index in [2.05, 4.69) is 10.6 Å². The lowest BCUT2D eigenvalue weighted by Crippen LogP contribution is -2.42. The second-order valence-corrected chi connectivity index (χ2v) is 2.91. The Balaban J connectivity index is 3.39. The van der Waals surface area contributed by atoms with E-state index in [0.29, 0.717) is 32.9 Å². The minimum Gasteiger partial charge on any atom is -0.382 e. The normalized spacial score (nSPS) is 9.88. The molecule has 94 valence electrons. The lowest BCUT2D eigenvalue weighted by molar-refractivity contribution is -0.139. The monoisotopic (exact) mass is 233 g/mol. The fourth-order valence-corrected chi connectivity index (χ4v) is 0.827. The molecule has 0 aromatic rings. The summed E-state index contributed by atoms with van der Waals surface area (Å²) in [5, 5.41) is 4.77. The van der Waals surface area contributed by atoms with Gasteiger partial charge in [0.05, 0.1) is 19.8 Å². The van der Waals surface area contributed by atoms with Gasteiger partial charge in [-0.3, -0.25) is 9.59 Å². The summed E-state index contributed by atoms with van der Waals surface area (Å²) in [6.45, 7) is 2.20. The number of rotatable bonds is 8. The van der Waals surface area contributed by atoms with Gasteiger partial charge in [0.2, 0.25) is 0 Å². The number of hydrogen-bond donors (Lipinski definition) is 3. The van der Waals surface area contributed by atoms with Gasteiger partial charge in [-0.2, -0.15) is 0 Å². The molecule has 2 amide bonds. The van der Waals surface area contributed by atoms with Crippen LogP contribution in [0.15, 0.2) is 0 Å². The number of hydrogen-bond acceptors (Lipinski definition) is 5. The molecule has 7 nitrogen and oxygen atoms in total. The molecule has 0 aliphatic carbocycles. The topological polar surface area (TPSA) is 103 Å². The smallest absolute Gasteiger partial charge is 0.309 e. The van der Waals surface area contributed by atoms with Gasteiger partial charge in [-0.25, -0.2) is 0 Å². The van der Waals surface area contributed by atoms with Crippen LogP contribution in [0.3, 0.4) is 0 Å². The predicted molar refractivity (Wildman–Crippen MR) is 57.8 cm³/mol. The van der Waals surface area contributed by atoms with E-state index in [4.69, 9.17) is 15.2 Å². The van der Waals surface area contributed by atoms with Crippen LogP contribution in [-0.4, -0.2) is 58.4 Å². The third kappa shape index (κ3) is 8.16. The first-order valence-electron chi connectivity index (χ1n) is 5.05. The van der Waals surface area contributed by atoms with Crippen molar-refractivity contribution in [3.63, 3.8) is 0 Å². The maximum atomic E-state index is 11.1. The van der Waals surface area contributed by atoms with Gasteiger partial charge in [0.1, 0.15) is 0 Å². The van der Waals surface area contributed by atoms with Gasteiger partial charge in [0.25, 0.3) is 0 Å². The zero-order chi connectivity index (χ0) is 12.2. The Kier molecular flexibility index (Phi) is 9.58. The summed E-state index contributed by atoms with van der Waals surface area (Å²) < 4.78 is 9.86. The van der Waals surface area contributed by atoms with E-state index in [1.807, 2.05) is 0 Å². The number of ether oxygens (including phenoxy) is 2. The third-order valence-electron chi connectivity index (χ3n) is 1.60. The number of nitrogens with one attached hydrogen (secondary N) is 2. The first kappa shape index (κ1) is 14.8. The van der Waals surface area contributed by atoms with Crippen LogP contribution in [0.4, 0.5) is 0 Å². The molecule has 0 saturated heterocycles. The van der Waals surface area contributed by atoms with Gasteiger partial charge in [-0.1, -0.05) is 0 Å². The summed E-state index contributed by atoms with van der Waals surface area (Å²) >= 11 is 0. The van der Waals surface area contributed by atoms with Crippen molar-refractivity contribution >= 4 is 11.8 Å². The van der Waals surface area contributed by atoms with Crippen LogP contribution in [-0.2, 0) is 19.1 Å². The maximum absolute atomic E-state index is 11.1. The van der Waals surface area contributed by atoms with Gasteiger partial charge in [0, 0.05) is 26.7 Å². The van der Waals surface area contributed by atoms with Crippen LogP contribution < -0.4 is 16.4 Å². The molecular formula is C9H19N3O4. The number of methoxy groups -OCH3 is 1. The van der Waals surface area contributed by atoms with Crippen molar-refractivity contribution in [1.29, 1.82) is 0 Å². The summed E-state index contributed by atoms with van der Waals surface area (Å²) in [4.78, 5) is 22.1. The van der Waals surface area contributed by atoms with Gasteiger partial charge in [-0.15, -0.1) is 0 Å². The van der Waals surface area contributed by atoms with Crippen LogP contribution in [0, 0.1) is 0 Å². The van der Waals surface area contributed by atoms with E-state index in [1.54, 1.807) is 7.11 Å². The molecular weight excluding hydrogens is 214 g/mol. The summed E-state index contributed by atoms with van der Waals surface area (Å²) in [6, 6.07) is 0. The Morgan fingerprint density at radius 2 is 1.69 bits per heavy atom. The van der Waals surface area contributed by atoms with Gasteiger partial charge >= 0.3 is 11.8 Å². The molecule has 7 heteroatoms. The van der Waals surface area contributed by atoms with Crippen molar-refractivity contribution in [2.45, 2.75) is 0 Å². The quantitative estimate of drug-likeness (QED) is 0.327. The van der Waals surface area contributed by atoms with Crippen LogP contribution >= 0.6 is 0 Å². The molecule has 0 radical (unpaired) electrons. The van der Waals surface area contributed by atoms with Gasteiger partial charge in [0.15, 0.2) is 0 Å². The first-order valence-corrected chi connectivity index (χ1v) is 5.05. The van der Waals surface area contributed by atoms with E-state index >= 15 is 0 Å². The molecule has 0 atom stereocenters. The van der Waals surface area contributed by atoms with Gasteiger partial charge in [-0.05, 0) is 0 Å².